The summed E-state index contributed by atoms with van der Waals surface area (Å²) in [4.78, 5) is 25.7. The molecule has 7 heteroatoms. The summed E-state index contributed by atoms with van der Waals surface area (Å²) in [5, 5.41) is 3.40. The highest BCUT2D eigenvalue weighted by Gasteiger charge is 2.15. The van der Waals surface area contributed by atoms with Crippen molar-refractivity contribution in [2.45, 2.75) is 13.3 Å². The van der Waals surface area contributed by atoms with E-state index >= 15 is 0 Å². The van der Waals surface area contributed by atoms with E-state index in [1.165, 1.54) is 6.92 Å². The Balaban J connectivity index is 1.60. The molecule has 136 valence electrons. The highest BCUT2D eigenvalue weighted by molar-refractivity contribution is 6.30. The van der Waals surface area contributed by atoms with Gasteiger partial charge >= 0.3 is 0 Å². The molecule has 0 unspecified atom stereocenters. The predicted octanol–water partition coefficient (Wildman–Crippen LogP) is 3.49. The zero-order valence-electron chi connectivity index (χ0n) is 14.3. The normalized spacial score (nSPS) is 12.4. The number of hydrogen-bond donors (Lipinski definition) is 1. The van der Waals surface area contributed by atoms with Crippen LogP contribution in [0.3, 0.4) is 0 Å². The lowest BCUT2D eigenvalue weighted by Crippen LogP contribution is -2.31. The second-order valence-electron chi connectivity index (χ2n) is 5.80. The van der Waals surface area contributed by atoms with Crippen LogP contribution in [0.25, 0.3) is 0 Å². The number of ether oxygens (including phenoxy) is 2. The molecule has 0 aliphatic carbocycles. The SMILES string of the molecule is CC(=O)N(CCC(=O)Nc1ccc2c(c1)OCCO2)c1ccc(Cl)cc1. The lowest BCUT2D eigenvalue weighted by atomic mass is 10.2. The number of rotatable bonds is 5. The number of amides is 2. The maximum absolute atomic E-state index is 12.3. The van der Waals surface area contributed by atoms with Crippen molar-refractivity contribution in [3.8, 4) is 11.5 Å². The Kier molecular flexibility index (Phi) is 5.63. The van der Waals surface area contributed by atoms with E-state index in [-0.39, 0.29) is 24.8 Å². The van der Waals surface area contributed by atoms with E-state index in [9.17, 15) is 9.59 Å². The van der Waals surface area contributed by atoms with Crippen LogP contribution in [0.1, 0.15) is 13.3 Å². The molecule has 1 aliphatic rings. The molecule has 6 nitrogen and oxygen atoms in total. The molecule has 2 amide bonds. The quantitative estimate of drug-likeness (QED) is 0.869. The highest BCUT2D eigenvalue weighted by atomic mass is 35.5. The fourth-order valence-electron chi connectivity index (χ4n) is 2.65. The number of anilines is 2. The standard InChI is InChI=1S/C19H19ClN2O4/c1-13(23)22(16-5-2-14(20)3-6-16)9-8-19(24)21-15-4-7-17-18(12-15)26-11-10-25-17/h2-7,12H,8-11H2,1H3,(H,21,24). The minimum absolute atomic E-state index is 0.139. The largest absolute Gasteiger partial charge is 0.486 e. The summed E-state index contributed by atoms with van der Waals surface area (Å²) in [6.07, 6.45) is 0.163. The topological polar surface area (TPSA) is 67.9 Å². The number of carbonyl (C=O) groups is 2. The Morgan fingerprint density at radius 1 is 1.08 bits per heavy atom. The van der Waals surface area contributed by atoms with Gasteiger partial charge < -0.3 is 19.7 Å². The fourth-order valence-corrected chi connectivity index (χ4v) is 2.77. The second-order valence-corrected chi connectivity index (χ2v) is 6.24. The molecule has 0 radical (unpaired) electrons. The van der Waals surface area contributed by atoms with E-state index in [0.717, 1.165) is 0 Å². The van der Waals surface area contributed by atoms with E-state index < -0.39 is 0 Å². The molecule has 3 rings (SSSR count). The van der Waals surface area contributed by atoms with Crippen LogP contribution in [-0.2, 0) is 9.59 Å². The van der Waals surface area contributed by atoms with Crippen LogP contribution >= 0.6 is 11.6 Å². The smallest absolute Gasteiger partial charge is 0.226 e. The van der Waals surface area contributed by atoms with Crippen LogP contribution in [0, 0.1) is 0 Å². The molecule has 2 aromatic rings. The van der Waals surface area contributed by atoms with Gasteiger partial charge in [-0.25, -0.2) is 0 Å². The highest BCUT2D eigenvalue weighted by Crippen LogP contribution is 2.32. The molecule has 1 aliphatic heterocycles. The van der Waals surface area contributed by atoms with Gasteiger partial charge in [0.1, 0.15) is 13.2 Å². The Morgan fingerprint density at radius 2 is 1.77 bits per heavy atom. The van der Waals surface area contributed by atoms with Crippen molar-refractivity contribution >= 4 is 34.8 Å². The van der Waals surface area contributed by atoms with Crippen molar-refractivity contribution in [3.63, 3.8) is 0 Å². The number of nitrogens with zero attached hydrogens (tertiary/aromatic N) is 1. The van der Waals surface area contributed by atoms with Crippen molar-refractivity contribution in [1.82, 2.24) is 0 Å². The first-order valence-electron chi connectivity index (χ1n) is 8.26. The fraction of sp³-hybridized carbons (Fsp3) is 0.263. The number of nitrogens with one attached hydrogen (secondary N) is 1. The van der Waals surface area contributed by atoms with Gasteiger partial charge in [0.05, 0.1) is 0 Å². The molecular formula is C19H19ClN2O4. The Labute approximate surface area is 156 Å². The van der Waals surface area contributed by atoms with Crippen LogP contribution in [0.15, 0.2) is 42.5 Å². The van der Waals surface area contributed by atoms with Gasteiger partial charge in [0.2, 0.25) is 11.8 Å². The van der Waals surface area contributed by atoms with Gasteiger partial charge in [0, 0.05) is 42.4 Å². The Bertz CT molecular complexity index is 808. The molecule has 0 atom stereocenters. The molecule has 1 heterocycles. The summed E-state index contributed by atoms with van der Waals surface area (Å²) in [5.41, 5.74) is 1.33. The number of hydrogen-bond acceptors (Lipinski definition) is 4. The molecule has 0 bridgehead atoms. The van der Waals surface area contributed by atoms with Gasteiger partial charge in [-0.2, -0.15) is 0 Å². The first-order valence-corrected chi connectivity index (χ1v) is 8.64. The van der Waals surface area contributed by atoms with Gasteiger partial charge in [-0.1, -0.05) is 11.6 Å². The summed E-state index contributed by atoms with van der Waals surface area (Å²) >= 11 is 5.88. The van der Waals surface area contributed by atoms with E-state index in [1.54, 1.807) is 47.4 Å². The van der Waals surface area contributed by atoms with E-state index in [2.05, 4.69) is 5.32 Å². The first-order chi connectivity index (χ1) is 12.5. The van der Waals surface area contributed by atoms with Gasteiger partial charge in [-0.15, -0.1) is 0 Å². The first kappa shape index (κ1) is 18.1. The van der Waals surface area contributed by atoms with Crippen LogP contribution in [0.5, 0.6) is 11.5 Å². The molecule has 0 spiro atoms. The van der Waals surface area contributed by atoms with Crippen LogP contribution in [0.2, 0.25) is 5.02 Å². The van der Waals surface area contributed by atoms with Crippen LogP contribution in [-0.4, -0.2) is 31.6 Å². The van der Waals surface area contributed by atoms with Crippen molar-refractivity contribution < 1.29 is 19.1 Å². The molecule has 0 aromatic heterocycles. The predicted molar refractivity (Wildman–Crippen MR) is 100 cm³/mol. The van der Waals surface area contributed by atoms with Gasteiger partial charge in [-0.3, -0.25) is 9.59 Å². The summed E-state index contributed by atoms with van der Waals surface area (Å²) < 4.78 is 11.0. The van der Waals surface area contributed by atoms with Crippen LogP contribution < -0.4 is 19.7 Å². The molecule has 0 fully saturated rings. The van der Waals surface area contributed by atoms with E-state index in [0.29, 0.717) is 41.1 Å². The van der Waals surface area contributed by atoms with E-state index in [1.807, 2.05) is 0 Å². The maximum Gasteiger partial charge on any atom is 0.226 e. The number of benzene rings is 2. The van der Waals surface area contributed by atoms with Crippen molar-refractivity contribution in [2.75, 3.05) is 30.0 Å². The molecule has 2 aromatic carbocycles. The molecule has 0 saturated heterocycles. The zero-order chi connectivity index (χ0) is 18.5. The monoisotopic (exact) mass is 374 g/mol. The van der Waals surface area contributed by atoms with Crippen LogP contribution in [0.4, 0.5) is 11.4 Å². The van der Waals surface area contributed by atoms with Gasteiger partial charge in [0.25, 0.3) is 0 Å². The third-order valence-corrected chi connectivity index (χ3v) is 4.16. The van der Waals surface area contributed by atoms with Crippen molar-refractivity contribution in [2.24, 2.45) is 0 Å². The molecular weight excluding hydrogens is 356 g/mol. The zero-order valence-corrected chi connectivity index (χ0v) is 15.1. The van der Waals surface area contributed by atoms with Crippen molar-refractivity contribution in [3.05, 3.63) is 47.5 Å². The lowest BCUT2D eigenvalue weighted by molar-refractivity contribution is -0.117. The Morgan fingerprint density at radius 3 is 2.46 bits per heavy atom. The summed E-state index contributed by atoms with van der Waals surface area (Å²) in [6.45, 7) is 2.74. The van der Waals surface area contributed by atoms with Gasteiger partial charge in [-0.05, 0) is 36.4 Å². The number of halogens is 1. The minimum Gasteiger partial charge on any atom is -0.486 e. The van der Waals surface area contributed by atoms with Crippen molar-refractivity contribution in [1.29, 1.82) is 0 Å². The van der Waals surface area contributed by atoms with Gasteiger partial charge in [0.15, 0.2) is 11.5 Å². The molecule has 26 heavy (non-hydrogen) atoms. The average molecular weight is 375 g/mol. The Hall–Kier alpha value is -2.73. The summed E-state index contributed by atoms with van der Waals surface area (Å²) in [7, 11) is 0. The lowest BCUT2D eigenvalue weighted by Gasteiger charge is -2.21. The number of carbonyl (C=O) groups excluding carboxylic acids is 2. The second kappa shape index (κ2) is 8.10. The minimum atomic E-state index is -0.193. The summed E-state index contributed by atoms with van der Waals surface area (Å²) in [6, 6.07) is 12.2. The molecule has 0 saturated carbocycles. The molecule has 1 N–H and O–H groups in total. The average Bonchev–Trinajstić information content (AvgIpc) is 2.63. The van der Waals surface area contributed by atoms with E-state index in [4.69, 9.17) is 21.1 Å². The third-order valence-electron chi connectivity index (χ3n) is 3.91. The third kappa shape index (κ3) is 4.46. The summed E-state index contributed by atoms with van der Waals surface area (Å²) in [5.74, 6) is 0.946. The maximum atomic E-state index is 12.3. The number of fused-ring (bicyclic) bond motifs is 1.